The van der Waals surface area contributed by atoms with Crippen molar-refractivity contribution in [2.45, 2.75) is 5.92 Å². The number of benzene rings is 12. The fraction of sp³-hybridized carbons (Fsp3) is 0.0135. The zero-order valence-corrected chi connectivity index (χ0v) is 43.1. The Morgan fingerprint density at radius 3 is 0.821 bits per heavy atom. The number of rotatable bonds is 16. The molecule has 0 heterocycles. The third kappa shape index (κ3) is 10.9. The molecule has 0 radical (unpaired) electrons. The van der Waals surface area contributed by atoms with Crippen molar-refractivity contribution in [2.24, 2.45) is 5.10 Å². The predicted molar refractivity (Wildman–Crippen MR) is 329 cm³/mol. The van der Waals surface area contributed by atoms with Crippen molar-refractivity contribution in [2.75, 3.05) is 14.8 Å². The highest BCUT2D eigenvalue weighted by molar-refractivity contribution is 5.87. The summed E-state index contributed by atoms with van der Waals surface area (Å²) in [6.45, 7) is 0. The first-order chi connectivity index (χ1) is 38.7. The lowest BCUT2D eigenvalue weighted by Crippen LogP contribution is -2.10. The van der Waals surface area contributed by atoms with Gasteiger partial charge in [-0.15, -0.1) is 0 Å². The van der Waals surface area contributed by atoms with E-state index >= 15 is 0 Å². The Morgan fingerprint density at radius 1 is 0.231 bits per heavy atom. The molecular formula is C74H56N4. The van der Waals surface area contributed by atoms with Crippen LogP contribution in [-0.4, -0.2) is 6.21 Å². The number of para-hydroxylation sites is 5. The number of nitrogens with zero attached hydrogens (tertiary/aromatic N) is 4. The monoisotopic (exact) mass is 1000 g/mol. The number of hydrazone groups is 1. The second-order valence-corrected chi connectivity index (χ2v) is 19.3. The van der Waals surface area contributed by atoms with E-state index in [2.05, 4.69) is 301 Å². The minimum atomic E-state index is 0.116. The van der Waals surface area contributed by atoms with E-state index in [1.54, 1.807) is 0 Å². The first kappa shape index (κ1) is 48.6. The molecule has 0 spiro atoms. The van der Waals surface area contributed by atoms with E-state index in [1.165, 1.54) is 16.7 Å². The molecule has 12 aromatic carbocycles. The summed E-state index contributed by atoms with van der Waals surface area (Å²) in [5, 5.41) is 6.94. The Kier molecular flexibility index (Phi) is 14.4. The maximum Gasteiger partial charge on any atom is 0.0652 e. The molecule has 0 N–H and O–H groups in total. The lowest BCUT2D eigenvalue weighted by Gasteiger charge is -2.26. The van der Waals surface area contributed by atoms with Gasteiger partial charge < -0.3 is 9.80 Å². The Labute approximate surface area is 458 Å². The standard InChI is InChI=1S/C74H56N4/c1-8-22-60(23-9-1)74(61-24-10-2-11-25-61)62-40-38-57(39-41-62)63-52-64(58-42-48-70(49-43-58)76(66-26-12-3-13-27-66)67-28-14-4-15-29-67)54-65(53-63)59-44-50-71(51-45-59)77(68-30-16-5-17-31-68)69-46-36-56(37-47-69)55-75-78(72-32-18-6-19-33-72)73-34-20-7-21-35-73/h1-55,74H. The quantitative estimate of drug-likeness (QED) is 0.0547. The van der Waals surface area contributed by atoms with Crippen molar-refractivity contribution < 1.29 is 0 Å². The van der Waals surface area contributed by atoms with Crippen LogP contribution in [0.15, 0.2) is 333 Å². The smallest absolute Gasteiger partial charge is 0.0652 e. The van der Waals surface area contributed by atoms with Crippen LogP contribution >= 0.6 is 0 Å². The number of anilines is 8. The molecule has 0 aliphatic carbocycles. The van der Waals surface area contributed by atoms with Crippen LogP contribution in [0.4, 0.5) is 45.5 Å². The van der Waals surface area contributed by atoms with Crippen LogP contribution in [0.25, 0.3) is 33.4 Å². The number of hydrogen-bond donors (Lipinski definition) is 0. The van der Waals surface area contributed by atoms with Crippen molar-refractivity contribution >= 4 is 51.7 Å². The van der Waals surface area contributed by atoms with Crippen LogP contribution in [-0.2, 0) is 0 Å². The van der Waals surface area contributed by atoms with Gasteiger partial charge in [0, 0.05) is 40.0 Å². The molecule has 0 saturated carbocycles. The highest BCUT2D eigenvalue weighted by Crippen LogP contribution is 2.41. The van der Waals surface area contributed by atoms with Gasteiger partial charge in [0.05, 0.1) is 17.6 Å². The molecule has 0 aliphatic heterocycles. The van der Waals surface area contributed by atoms with Crippen LogP contribution in [0.1, 0.15) is 28.2 Å². The highest BCUT2D eigenvalue weighted by atomic mass is 15.5. The van der Waals surface area contributed by atoms with Gasteiger partial charge in [0.25, 0.3) is 0 Å². The molecule has 0 fully saturated rings. The normalized spacial score (nSPS) is 11.1. The van der Waals surface area contributed by atoms with Crippen LogP contribution in [0.3, 0.4) is 0 Å². The molecule has 0 amide bonds. The fourth-order valence-electron chi connectivity index (χ4n) is 10.4. The maximum atomic E-state index is 4.97. The second-order valence-electron chi connectivity index (χ2n) is 19.3. The third-order valence-corrected chi connectivity index (χ3v) is 14.2. The van der Waals surface area contributed by atoms with Gasteiger partial charge >= 0.3 is 0 Å². The first-order valence-electron chi connectivity index (χ1n) is 26.5. The molecule has 4 nitrogen and oxygen atoms in total. The van der Waals surface area contributed by atoms with E-state index in [9.17, 15) is 0 Å². The van der Waals surface area contributed by atoms with Gasteiger partial charge in [-0.1, -0.05) is 212 Å². The molecule has 12 aromatic rings. The van der Waals surface area contributed by atoms with Gasteiger partial charge in [-0.05, 0) is 171 Å². The molecule has 4 heteroatoms. The Hall–Kier alpha value is -10.3. The average Bonchev–Trinajstić information content (AvgIpc) is 3.52. The molecule has 0 atom stereocenters. The van der Waals surface area contributed by atoms with Gasteiger partial charge in [-0.3, -0.25) is 0 Å². The SMILES string of the molecule is C(=NN(c1ccccc1)c1ccccc1)c1ccc(N(c2ccccc2)c2ccc(-c3cc(-c4ccc(C(c5ccccc5)c5ccccc5)cc4)cc(-c4ccc(N(c5ccccc5)c5ccccc5)cc4)c3)cc2)cc1. The predicted octanol–water partition coefficient (Wildman–Crippen LogP) is 20.0. The summed E-state index contributed by atoms with van der Waals surface area (Å²) in [4.78, 5) is 4.61. The first-order valence-corrected chi connectivity index (χ1v) is 26.5. The molecule has 0 bridgehead atoms. The summed E-state index contributed by atoms with van der Waals surface area (Å²) >= 11 is 0. The molecule has 0 aliphatic rings. The summed E-state index contributed by atoms with van der Waals surface area (Å²) in [6, 6.07) is 117. The average molecular weight is 1000 g/mol. The van der Waals surface area contributed by atoms with Crippen molar-refractivity contribution in [1.82, 2.24) is 0 Å². The lowest BCUT2D eigenvalue weighted by molar-refractivity contribution is 0.978. The minimum absolute atomic E-state index is 0.116. The van der Waals surface area contributed by atoms with E-state index in [0.29, 0.717) is 0 Å². The largest absolute Gasteiger partial charge is 0.311 e. The third-order valence-electron chi connectivity index (χ3n) is 14.2. The number of hydrogen-bond acceptors (Lipinski definition) is 4. The Morgan fingerprint density at radius 2 is 0.487 bits per heavy atom. The van der Waals surface area contributed by atoms with Crippen molar-refractivity contribution in [3.8, 4) is 33.4 Å². The van der Waals surface area contributed by atoms with Crippen LogP contribution < -0.4 is 14.8 Å². The summed E-state index contributed by atoms with van der Waals surface area (Å²) in [6.07, 6.45) is 1.92. The summed E-state index contributed by atoms with van der Waals surface area (Å²) < 4.78 is 0. The van der Waals surface area contributed by atoms with E-state index in [1.807, 2.05) is 47.6 Å². The zero-order valence-electron chi connectivity index (χ0n) is 43.1. The van der Waals surface area contributed by atoms with Gasteiger partial charge in [0.2, 0.25) is 0 Å². The topological polar surface area (TPSA) is 22.1 Å². The molecule has 78 heavy (non-hydrogen) atoms. The van der Waals surface area contributed by atoms with Crippen molar-refractivity contribution in [3.05, 3.63) is 350 Å². The summed E-state index contributed by atoms with van der Waals surface area (Å²) in [5.74, 6) is 0.116. The Bertz CT molecular complexity index is 3580. The zero-order chi connectivity index (χ0) is 52.3. The van der Waals surface area contributed by atoms with Gasteiger partial charge in [-0.2, -0.15) is 5.10 Å². The molecule has 0 saturated heterocycles. The fourth-order valence-corrected chi connectivity index (χ4v) is 10.4. The van der Waals surface area contributed by atoms with Gasteiger partial charge in [0.1, 0.15) is 0 Å². The van der Waals surface area contributed by atoms with Crippen molar-refractivity contribution in [3.63, 3.8) is 0 Å². The van der Waals surface area contributed by atoms with E-state index < -0.39 is 0 Å². The van der Waals surface area contributed by atoms with Crippen LogP contribution in [0, 0.1) is 0 Å². The second kappa shape index (κ2) is 23.1. The van der Waals surface area contributed by atoms with Gasteiger partial charge in [-0.25, -0.2) is 5.01 Å². The van der Waals surface area contributed by atoms with Crippen LogP contribution in [0.2, 0.25) is 0 Å². The maximum absolute atomic E-state index is 4.97. The highest BCUT2D eigenvalue weighted by Gasteiger charge is 2.19. The molecular weight excluding hydrogens is 945 g/mol. The van der Waals surface area contributed by atoms with E-state index in [-0.39, 0.29) is 5.92 Å². The Balaban J connectivity index is 0.895. The lowest BCUT2D eigenvalue weighted by atomic mass is 9.84. The summed E-state index contributed by atoms with van der Waals surface area (Å²) in [5.41, 5.74) is 20.1. The molecule has 0 aromatic heterocycles. The molecule has 0 unspecified atom stereocenters. The van der Waals surface area contributed by atoms with Gasteiger partial charge in [0.15, 0.2) is 0 Å². The summed E-state index contributed by atoms with van der Waals surface area (Å²) in [7, 11) is 0. The minimum Gasteiger partial charge on any atom is -0.311 e. The molecule has 372 valence electrons. The van der Waals surface area contributed by atoms with E-state index in [4.69, 9.17) is 5.10 Å². The van der Waals surface area contributed by atoms with Crippen LogP contribution in [0.5, 0.6) is 0 Å². The van der Waals surface area contributed by atoms with Crippen molar-refractivity contribution in [1.29, 1.82) is 0 Å². The van der Waals surface area contributed by atoms with E-state index in [0.717, 1.165) is 84.4 Å². The molecule has 12 rings (SSSR count).